The molecule has 20 heavy (non-hydrogen) atoms. The van der Waals surface area contributed by atoms with Crippen molar-refractivity contribution in [2.45, 2.75) is 45.4 Å². The zero-order chi connectivity index (χ0) is 15.2. The molecule has 0 amide bonds. The number of ether oxygens (including phenoxy) is 1. The van der Waals surface area contributed by atoms with E-state index in [0.29, 0.717) is 13.0 Å². The van der Waals surface area contributed by atoms with Crippen molar-refractivity contribution in [2.24, 2.45) is 0 Å². The highest BCUT2D eigenvalue weighted by Crippen LogP contribution is 2.30. The van der Waals surface area contributed by atoms with Gasteiger partial charge in [0.15, 0.2) is 0 Å². The molecule has 0 aromatic heterocycles. The first kappa shape index (κ1) is 17.3. The van der Waals surface area contributed by atoms with E-state index >= 15 is 0 Å². The van der Waals surface area contributed by atoms with Crippen LogP contribution in [0.5, 0.6) is 5.75 Å². The van der Waals surface area contributed by atoms with Gasteiger partial charge in [-0.3, -0.25) is 0 Å². The van der Waals surface area contributed by atoms with Gasteiger partial charge < -0.3 is 4.74 Å². The molecular weight excluding hydrogens is 296 g/mol. The van der Waals surface area contributed by atoms with Crippen molar-refractivity contribution < 1.29 is 13.2 Å². The topological polar surface area (TPSA) is 43.4 Å². The molecule has 0 saturated heterocycles. The van der Waals surface area contributed by atoms with Crippen molar-refractivity contribution in [3.8, 4) is 5.75 Å². The van der Waals surface area contributed by atoms with E-state index in [9.17, 15) is 8.42 Å². The van der Waals surface area contributed by atoms with E-state index < -0.39 is 9.05 Å². The van der Waals surface area contributed by atoms with Gasteiger partial charge in [-0.15, -0.1) is 0 Å². The van der Waals surface area contributed by atoms with Gasteiger partial charge in [-0.05, 0) is 36.3 Å². The van der Waals surface area contributed by atoms with Crippen LogP contribution < -0.4 is 4.74 Å². The van der Waals surface area contributed by atoms with Gasteiger partial charge in [-0.2, -0.15) is 0 Å². The van der Waals surface area contributed by atoms with Gasteiger partial charge in [0.2, 0.25) is 9.05 Å². The molecule has 0 N–H and O–H groups in total. The molecule has 0 radical (unpaired) electrons. The van der Waals surface area contributed by atoms with Gasteiger partial charge in [0, 0.05) is 10.7 Å². The molecule has 0 unspecified atom stereocenters. The molecule has 1 aromatic carbocycles. The Hall–Kier alpha value is -0.740. The predicted octanol–water partition coefficient (Wildman–Crippen LogP) is 4.10. The number of unbranched alkanes of at least 4 members (excludes halogenated alkanes) is 2. The van der Waals surface area contributed by atoms with Crippen molar-refractivity contribution in [3.63, 3.8) is 0 Å². The predicted molar refractivity (Wildman–Crippen MR) is 84.1 cm³/mol. The number of para-hydroxylation sites is 1. The standard InChI is InChI=1S/C15H23ClO3S/c1-15(2,3)13-9-5-6-10-14(13)19-11-7-4-8-12-20(16,17)18/h5-6,9-10H,4,7-8,11-12H2,1-3H3. The van der Waals surface area contributed by atoms with Crippen LogP contribution in [0.4, 0.5) is 0 Å². The van der Waals surface area contributed by atoms with Crippen molar-refractivity contribution in [3.05, 3.63) is 29.8 Å². The summed E-state index contributed by atoms with van der Waals surface area (Å²) in [6.07, 6.45) is 2.20. The van der Waals surface area contributed by atoms with Crippen LogP contribution in [0.3, 0.4) is 0 Å². The molecule has 0 aliphatic heterocycles. The zero-order valence-corrected chi connectivity index (χ0v) is 13.9. The molecule has 0 aliphatic carbocycles. The molecule has 3 nitrogen and oxygen atoms in total. The Kier molecular flexibility index (Phi) is 6.34. The molecule has 0 fully saturated rings. The average Bonchev–Trinajstić information content (AvgIpc) is 2.31. The molecule has 114 valence electrons. The van der Waals surface area contributed by atoms with E-state index in [2.05, 4.69) is 26.8 Å². The summed E-state index contributed by atoms with van der Waals surface area (Å²) in [5.74, 6) is 0.942. The highest BCUT2D eigenvalue weighted by molar-refractivity contribution is 8.13. The van der Waals surface area contributed by atoms with E-state index in [1.807, 2.05) is 18.2 Å². The Morgan fingerprint density at radius 2 is 1.75 bits per heavy atom. The summed E-state index contributed by atoms with van der Waals surface area (Å²) < 4.78 is 27.4. The fourth-order valence-corrected chi connectivity index (χ4v) is 2.82. The van der Waals surface area contributed by atoms with Crippen LogP contribution >= 0.6 is 10.7 Å². The molecule has 0 spiro atoms. The van der Waals surface area contributed by atoms with E-state index in [-0.39, 0.29) is 11.2 Å². The van der Waals surface area contributed by atoms with Gasteiger partial charge in [-0.25, -0.2) is 8.42 Å². The Balaban J connectivity index is 2.40. The first-order valence-corrected chi connectivity index (χ1v) is 9.32. The van der Waals surface area contributed by atoms with Crippen LogP contribution in [-0.2, 0) is 14.5 Å². The summed E-state index contributed by atoms with van der Waals surface area (Å²) in [7, 11) is 1.80. The second-order valence-corrected chi connectivity index (χ2v) is 8.79. The van der Waals surface area contributed by atoms with Gasteiger partial charge in [0.25, 0.3) is 0 Å². The summed E-state index contributed by atoms with van der Waals surface area (Å²) in [4.78, 5) is 0. The lowest BCUT2D eigenvalue weighted by molar-refractivity contribution is 0.298. The molecule has 0 bridgehead atoms. The quantitative estimate of drug-likeness (QED) is 0.561. The van der Waals surface area contributed by atoms with E-state index in [1.165, 1.54) is 5.56 Å². The molecule has 0 saturated carbocycles. The second-order valence-electron chi connectivity index (χ2n) is 5.90. The lowest BCUT2D eigenvalue weighted by Crippen LogP contribution is -2.13. The summed E-state index contributed by atoms with van der Waals surface area (Å²) in [6.45, 7) is 7.05. The van der Waals surface area contributed by atoms with E-state index in [1.54, 1.807) is 0 Å². The monoisotopic (exact) mass is 318 g/mol. The molecule has 0 aliphatic rings. The van der Waals surface area contributed by atoms with E-state index in [0.717, 1.165) is 18.6 Å². The van der Waals surface area contributed by atoms with Crippen molar-refractivity contribution >= 4 is 19.7 Å². The molecule has 1 aromatic rings. The third-order valence-corrected chi connectivity index (χ3v) is 4.22. The minimum atomic E-state index is -3.36. The first-order chi connectivity index (χ1) is 9.20. The SMILES string of the molecule is CC(C)(C)c1ccccc1OCCCCCS(=O)(=O)Cl. The fourth-order valence-electron chi connectivity index (χ4n) is 1.95. The Morgan fingerprint density at radius 3 is 2.35 bits per heavy atom. The summed E-state index contributed by atoms with van der Waals surface area (Å²) in [5, 5.41) is 0. The number of hydrogen-bond acceptors (Lipinski definition) is 3. The number of rotatable bonds is 7. The highest BCUT2D eigenvalue weighted by atomic mass is 35.7. The van der Waals surface area contributed by atoms with Crippen molar-refractivity contribution in [1.82, 2.24) is 0 Å². The van der Waals surface area contributed by atoms with Gasteiger partial charge in [0.05, 0.1) is 12.4 Å². The minimum Gasteiger partial charge on any atom is -0.493 e. The smallest absolute Gasteiger partial charge is 0.232 e. The van der Waals surface area contributed by atoms with Gasteiger partial charge >= 0.3 is 0 Å². The number of benzene rings is 1. The highest BCUT2D eigenvalue weighted by Gasteiger charge is 2.18. The molecule has 5 heteroatoms. The number of hydrogen-bond donors (Lipinski definition) is 0. The largest absolute Gasteiger partial charge is 0.493 e. The van der Waals surface area contributed by atoms with Crippen LogP contribution in [0.2, 0.25) is 0 Å². The third-order valence-electron chi connectivity index (χ3n) is 2.99. The van der Waals surface area contributed by atoms with Crippen LogP contribution in [0.15, 0.2) is 24.3 Å². The fraction of sp³-hybridized carbons (Fsp3) is 0.600. The van der Waals surface area contributed by atoms with Gasteiger partial charge in [0.1, 0.15) is 5.75 Å². The Labute approximate surface area is 126 Å². The number of halogens is 1. The van der Waals surface area contributed by atoms with Crippen molar-refractivity contribution in [2.75, 3.05) is 12.4 Å². The van der Waals surface area contributed by atoms with E-state index in [4.69, 9.17) is 15.4 Å². The normalized spacial score (nSPS) is 12.4. The Morgan fingerprint density at radius 1 is 1.10 bits per heavy atom. The van der Waals surface area contributed by atoms with Gasteiger partial charge in [-0.1, -0.05) is 39.0 Å². The maximum Gasteiger partial charge on any atom is 0.232 e. The van der Waals surface area contributed by atoms with Crippen molar-refractivity contribution in [1.29, 1.82) is 0 Å². The summed E-state index contributed by atoms with van der Waals surface area (Å²) >= 11 is 0. The molecular formula is C15H23ClO3S. The van der Waals surface area contributed by atoms with Crippen LogP contribution in [0, 0.1) is 0 Å². The third kappa shape index (κ3) is 6.62. The Bertz CT molecular complexity index is 518. The first-order valence-electron chi connectivity index (χ1n) is 6.85. The van der Waals surface area contributed by atoms with Crippen LogP contribution in [0.1, 0.15) is 45.6 Å². The summed E-state index contributed by atoms with van der Waals surface area (Å²) in [6, 6.07) is 8.03. The summed E-state index contributed by atoms with van der Waals surface area (Å²) in [5.41, 5.74) is 1.23. The average molecular weight is 319 g/mol. The molecule has 1 rings (SSSR count). The van der Waals surface area contributed by atoms with Crippen LogP contribution in [-0.4, -0.2) is 20.8 Å². The molecule has 0 heterocycles. The zero-order valence-electron chi connectivity index (χ0n) is 12.4. The molecule has 0 atom stereocenters. The van der Waals surface area contributed by atoms with Crippen LogP contribution in [0.25, 0.3) is 0 Å². The second kappa shape index (κ2) is 7.32. The lowest BCUT2D eigenvalue weighted by Gasteiger charge is -2.22. The maximum absolute atomic E-state index is 10.8. The maximum atomic E-state index is 10.8. The minimum absolute atomic E-state index is 0.0349. The lowest BCUT2D eigenvalue weighted by atomic mass is 9.86.